The highest BCUT2D eigenvalue weighted by molar-refractivity contribution is 14.1. The maximum Gasteiger partial charge on any atom is 0.257 e. The Hall–Kier alpha value is -1.78. The largest absolute Gasteiger partial charge is 0.298 e. The summed E-state index contributed by atoms with van der Waals surface area (Å²) in [5.41, 5.74) is 2.03. The molecule has 0 aliphatic heterocycles. The van der Waals surface area contributed by atoms with E-state index in [9.17, 15) is 13.2 Å². The minimum Gasteiger partial charge on any atom is -0.298 e. The molecule has 1 N–H and O–H groups in total. The lowest BCUT2D eigenvalue weighted by molar-refractivity contribution is 0.102. The molecule has 26 heavy (non-hydrogen) atoms. The van der Waals surface area contributed by atoms with Gasteiger partial charge in [0.1, 0.15) is 0 Å². The summed E-state index contributed by atoms with van der Waals surface area (Å²) in [7, 11) is -3.36. The van der Waals surface area contributed by atoms with Gasteiger partial charge in [-0.15, -0.1) is 11.3 Å². The molecule has 1 heterocycles. The topological polar surface area (TPSA) is 76.1 Å². The fourth-order valence-electron chi connectivity index (χ4n) is 2.25. The maximum atomic E-state index is 12.4. The first-order valence-electron chi connectivity index (χ1n) is 7.74. The number of halogens is 1. The van der Waals surface area contributed by atoms with Gasteiger partial charge in [-0.1, -0.05) is 25.1 Å². The third kappa shape index (κ3) is 4.30. The van der Waals surface area contributed by atoms with E-state index in [0.717, 1.165) is 14.8 Å². The molecule has 0 aliphatic rings. The van der Waals surface area contributed by atoms with Crippen LogP contribution >= 0.6 is 33.9 Å². The first-order chi connectivity index (χ1) is 12.4. The Morgan fingerprint density at radius 3 is 2.62 bits per heavy atom. The van der Waals surface area contributed by atoms with Gasteiger partial charge in [-0.3, -0.25) is 10.1 Å². The molecule has 0 atom stereocenters. The Morgan fingerprint density at radius 2 is 1.92 bits per heavy atom. The Balaban J connectivity index is 1.79. The second-order valence-electron chi connectivity index (χ2n) is 5.43. The standard InChI is InChI=1S/C18H15IN2O3S2/c1-2-26(23,24)15-5-3-4-13(10-15)17(22)21-18-20-16(11-25-18)12-6-8-14(19)9-7-12/h3-11H,2H2,1H3,(H,20,21,22). The zero-order valence-electron chi connectivity index (χ0n) is 13.8. The van der Waals surface area contributed by atoms with E-state index in [-0.39, 0.29) is 22.1 Å². The molecule has 1 aromatic heterocycles. The number of anilines is 1. The minimum atomic E-state index is -3.36. The van der Waals surface area contributed by atoms with Crippen LogP contribution in [0.3, 0.4) is 0 Å². The van der Waals surface area contributed by atoms with Gasteiger partial charge in [0.15, 0.2) is 15.0 Å². The SMILES string of the molecule is CCS(=O)(=O)c1cccc(C(=O)Nc2nc(-c3ccc(I)cc3)cs2)c1. The van der Waals surface area contributed by atoms with Crippen LogP contribution in [-0.4, -0.2) is 25.1 Å². The third-order valence-corrected chi connectivity index (χ3v) is 6.91. The average Bonchev–Trinajstić information content (AvgIpc) is 3.11. The normalized spacial score (nSPS) is 11.3. The predicted octanol–water partition coefficient (Wildman–Crippen LogP) is 4.46. The summed E-state index contributed by atoms with van der Waals surface area (Å²) >= 11 is 3.56. The van der Waals surface area contributed by atoms with Crippen molar-refractivity contribution in [1.29, 1.82) is 0 Å². The van der Waals surface area contributed by atoms with E-state index >= 15 is 0 Å². The van der Waals surface area contributed by atoms with Crippen molar-refractivity contribution in [2.45, 2.75) is 11.8 Å². The van der Waals surface area contributed by atoms with Crippen LogP contribution in [0.4, 0.5) is 5.13 Å². The molecule has 0 saturated heterocycles. The van der Waals surface area contributed by atoms with Crippen LogP contribution in [0.5, 0.6) is 0 Å². The summed E-state index contributed by atoms with van der Waals surface area (Å²) in [5.74, 6) is -0.397. The van der Waals surface area contributed by atoms with Gasteiger partial charge in [0.25, 0.3) is 5.91 Å². The lowest BCUT2D eigenvalue weighted by Crippen LogP contribution is -2.13. The van der Waals surface area contributed by atoms with Crippen molar-refractivity contribution < 1.29 is 13.2 Å². The number of sulfone groups is 1. The molecule has 3 aromatic rings. The first-order valence-corrected chi connectivity index (χ1v) is 11.4. The van der Waals surface area contributed by atoms with Crippen LogP contribution in [-0.2, 0) is 9.84 Å². The Bertz CT molecular complexity index is 1040. The highest BCUT2D eigenvalue weighted by atomic mass is 127. The molecule has 1 amide bonds. The number of amides is 1. The van der Waals surface area contributed by atoms with Gasteiger partial charge in [-0.05, 0) is 52.9 Å². The molecular weight excluding hydrogens is 483 g/mol. The molecule has 0 aliphatic carbocycles. The molecule has 0 spiro atoms. The molecule has 5 nitrogen and oxygen atoms in total. The van der Waals surface area contributed by atoms with Gasteiger partial charge in [0, 0.05) is 20.1 Å². The minimum absolute atomic E-state index is 0.01000. The van der Waals surface area contributed by atoms with Crippen molar-refractivity contribution in [3.8, 4) is 11.3 Å². The maximum absolute atomic E-state index is 12.4. The van der Waals surface area contributed by atoms with Crippen LogP contribution < -0.4 is 5.32 Å². The number of benzene rings is 2. The molecule has 134 valence electrons. The molecule has 3 rings (SSSR count). The number of nitrogens with zero attached hydrogens (tertiary/aromatic N) is 1. The van der Waals surface area contributed by atoms with E-state index < -0.39 is 9.84 Å². The van der Waals surface area contributed by atoms with Gasteiger partial charge in [0.2, 0.25) is 0 Å². The van der Waals surface area contributed by atoms with E-state index in [1.54, 1.807) is 19.1 Å². The van der Waals surface area contributed by atoms with Gasteiger partial charge < -0.3 is 0 Å². The Kier molecular flexibility index (Phi) is 5.73. The van der Waals surface area contributed by atoms with Crippen LogP contribution in [0.1, 0.15) is 17.3 Å². The molecule has 0 bridgehead atoms. The summed E-state index contributed by atoms with van der Waals surface area (Å²) in [4.78, 5) is 17.0. The molecule has 2 aromatic carbocycles. The number of aromatic nitrogens is 1. The highest BCUT2D eigenvalue weighted by Gasteiger charge is 2.15. The highest BCUT2D eigenvalue weighted by Crippen LogP contribution is 2.26. The number of thiazole rings is 1. The van der Waals surface area contributed by atoms with Crippen molar-refractivity contribution >= 4 is 54.8 Å². The number of hydrogen-bond acceptors (Lipinski definition) is 5. The molecule has 0 unspecified atom stereocenters. The second kappa shape index (κ2) is 7.85. The van der Waals surface area contributed by atoms with Crippen LogP contribution in [0.25, 0.3) is 11.3 Å². The van der Waals surface area contributed by atoms with Gasteiger partial charge in [0.05, 0.1) is 16.3 Å². The molecule has 0 fully saturated rings. The lowest BCUT2D eigenvalue weighted by Gasteiger charge is -2.05. The number of carbonyl (C=O) groups excluding carboxylic acids is 1. The average molecular weight is 498 g/mol. The fourth-order valence-corrected chi connectivity index (χ4v) is 4.25. The zero-order chi connectivity index (χ0) is 18.7. The van der Waals surface area contributed by atoms with E-state index in [2.05, 4.69) is 32.9 Å². The number of hydrogen-bond donors (Lipinski definition) is 1. The van der Waals surface area contributed by atoms with E-state index in [1.165, 1.54) is 23.5 Å². The lowest BCUT2D eigenvalue weighted by atomic mass is 10.2. The summed E-state index contributed by atoms with van der Waals surface area (Å²) in [6.07, 6.45) is 0. The Labute approximate surface area is 169 Å². The van der Waals surface area contributed by atoms with Gasteiger partial charge in [-0.2, -0.15) is 0 Å². The molecule has 0 radical (unpaired) electrons. The van der Waals surface area contributed by atoms with Crippen LogP contribution in [0.2, 0.25) is 0 Å². The summed E-state index contributed by atoms with van der Waals surface area (Å²) in [6, 6.07) is 14.0. The molecular formula is C18H15IN2O3S2. The van der Waals surface area contributed by atoms with Crippen molar-refractivity contribution in [2.75, 3.05) is 11.1 Å². The molecule has 8 heteroatoms. The summed E-state index contributed by atoms with van der Waals surface area (Å²) < 4.78 is 25.1. The van der Waals surface area contributed by atoms with Crippen molar-refractivity contribution in [3.05, 3.63) is 63.0 Å². The van der Waals surface area contributed by atoms with E-state index in [0.29, 0.717) is 5.13 Å². The second-order valence-corrected chi connectivity index (χ2v) is 9.81. The summed E-state index contributed by atoms with van der Waals surface area (Å²) in [6.45, 7) is 1.57. The number of rotatable bonds is 5. The van der Waals surface area contributed by atoms with Crippen molar-refractivity contribution in [1.82, 2.24) is 4.98 Å². The third-order valence-electron chi connectivity index (χ3n) is 3.70. The summed E-state index contributed by atoms with van der Waals surface area (Å²) in [5, 5.41) is 5.06. The van der Waals surface area contributed by atoms with E-state index in [4.69, 9.17) is 0 Å². The Morgan fingerprint density at radius 1 is 1.19 bits per heavy atom. The predicted molar refractivity (Wildman–Crippen MR) is 112 cm³/mol. The quantitative estimate of drug-likeness (QED) is 0.528. The van der Waals surface area contributed by atoms with Crippen molar-refractivity contribution in [3.63, 3.8) is 0 Å². The van der Waals surface area contributed by atoms with Crippen molar-refractivity contribution in [2.24, 2.45) is 0 Å². The van der Waals surface area contributed by atoms with E-state index in [1.807, 2.05) is 29.6 Å². The van der Waals surface area contributed by atoms with Gasteiger partial charge in [-0.25, -0.2) is 13.4 Å². The number of carbonyl (C=O) groups is 1. The fraction of sp³-hybridized carbons (Fsp3) is 0.111. The van der Waals surface area contributed by atoms with Crippen LogP contribution in [0, 0.1) is 3.57 Å². The monoisotopic (exact) mass is 498 g/mol. The van der Waals surface area contributed by atoms with Crippen LogP contribution in [0.15, 0.2) is 58.8 Å². The first kappa shape index (κ1) is 19.0. The number of nitrogens with one attached hydrogen (secondary N) is 1. The smallest absolute Gasteiger partial charge is 0.257 e. The zero-order valence-corrected chi connectivity index (χ0v) is 17.6. The molecule has 0 saturated carbocycles. The van der Waals surface area contributed by atoms with Gasteiger partial charge >= 0.3 is 0 Å².